The molecule has 0 aliphatic carbocycles. The molecular weight excluding hydrogens is 580 g/mol. The molecule has 230 valence electrons. The number of carbonyl (C=O) groups excluding carboxylic acids is 2. The fourth-order valence-corrected chi connectivity index (χ4v) is 4.91. The molecule has 42 heavy (non-hydrogen) atoms. The van der Waals surface area contributed by atoms with Crippen LogP contribution in [0.5, 0.6) is 5.75 Å². The number of hydrogen-bond acceptors (Lipinski definition) is 4. The van der Waals surface area contributed by atoms with E-state index in [1.54, 1.807) is 4.90 Å². The van der Waals surface area contributed by atoms with Gasteiger partial charge < -0.3 is 9.64 Å². The SMILES string of the molecule is CC(C)N(C(=O)Oc1c(N2CCN(CCN3CCC(F)C3)C2=O)cc(C(F)(F)F)cc1C(F)(F)F)c1ccc(F)cc1. The molecule has 2 aliphatic heterocycles. The maximum absolute atomic E-state index is 14.2. The molecule has 1 unspecified atom stereocenters. The number of rotatable bonds is 7. The molecule has 2 aliphatic rings. The second-order valence-electron chi connectivity index (χ2n) is 10.3. The van der Waals surface area contributed by atoms with Crippen molar-refractivity contribution < 1.29 is 49.4 Å². The molecule has 15 heteroatoms. The number of urea groups is 1. The first-order valence-corrected chi connectivity index (χ1v) is 13.1. The van der Waals surface area contributed by atoms with Crippen LogP contribution in [0.25, 0.3) is 0 Å². The summed E-state index contributed by atoms with van der Waals surface area (Å²) in [6.07, 6.45) is -12.7. The molecule has 1 atom stereocenters. The minimum Gasteiger partial charge on any atom is -0.407 e. The predicted octanol–water partition coefficient (Wildman–Crippen LogP) is 6.56. The van der Waals surface area contributed by atoms with Crippen molar-refractivity contribution in [3.63, 3.8) is 0 Å². The normalized spacial score (nSPS) is 18.4. The summed E-state index contributed by atoms with van der Waals surface area (Å²) in [5.41, 5.74) is -4.42. The van der Waals surface area contributed by atoms with Crippen LogP contribution in [-0.2, 0) is 12.4 Å². The Kier molecular flexibility index (Phi) is 8.90. The van der Waals surface area contributed by atoms with Crippen molar-refractivity contribution in [1.29, 1.82) is 0 Å². The van der Waals surface area contributed by atoms with Gasteiger partial charge in [0.1, 0.15) is 17.6 Å². The van der Waals surface area contributed by atoms with Gasteiger partial charge in [0, 0.05) is 51.0 Å². The highest BCUT2D eigenvalue weighted by Crippen LogP contribution is 2.47. The van der Waals surface area contributed by atoms with Gasteiger partial charge >= 0.3 is 24.5 Å². The van der Waals surface area contributed by atoms with E-state index in [1.165, 1.54) is 30.9 Å². The molecule has 2 aromatic carbocycles. The van der Waals surface area contributed by atoms with Crippen molar-refractivity contribution in [3.05, 3.63) is 53.3 Å². The molecule has 4 rings (SSSR count). The van der Waals surface area contributed by atoms with Gasteiger partial charge in [-0.25, -0.2) is 18.4 Å². The van der Waals surface area contributed by atoms with Crippen LogP contribution in [0.4, 0.5) is 56.1 Å². The number of ether oxygens (including phenoxy) is 1. The van der Waals surface area contributed by atoms with E-state index in [1.807, 2.05) is 0 Å². The zero-order chi connectivity index (χ0) is 31.0. The van der Waals surface area contributed by atoms with Crippen molar-refractivity contribution in [2.24, 2.45) is 0 Å². The third-order valence-electron chi connectivity index (χ3n) is 7.00. The number of hydrogen-bond donors (Lipinski definition) is 0. The van der Waals surface area contributed by atoms with Gasteiger partial charge in [0.15, 0.2) is 5.75 Å². The lowest BCUT2D eigenvalue weighted by atomic mass is 10.1. The number of nitrogens with zero attached hydrogens (tertiary/aromatic N) is 4. The van der Waals surface area contributed by atoms with E-state index in [2.05, 4.69) is 0 Å². The lowest BCUT2D eigenvalue weighted by Crippen LogP contribution is -2.40. The van der Waals surface area contributed by atoms with Crippen LogP contribution < -0.4 is 14.5 Å². The van der Waals surface area contributed by atoms with Crippen LogP contribution >= 0.6 is 0 Å². The van der Waals surface area contributed by atoms with E-state index >= 15 is 0 Å². The van der Waals surface area contributed by atoms with E-state index in [-0.39, 0.29) is 44.5 Å². The van der Waals surface area contributed by atoms with Crippen molar-refractivity contribution in [3.8, 4) is 5.75 Å². The predicted molar refractivity (Wildman–Crippen MR) is 137 cm³/mol. The van der Waals surface area contributed by atoms with Gasteiger partial charge in [0.05, 0.1) is 11.3 Å². The van der Waals surface area contributed by atoms with E-state index in [4.69, 9.17) is 4.74 Å². The number of halogens is 8. The number of alkyl halides is 7. The van der Waals surface area contributed by atoms with E-state index in [0.29, 0.717) is 23.9 Å². The molecule has 0 bridgehead atoms. The minimum absolute atomic E-state index is 0.0373. The van der Waals surface area contributed by atoms with Crippen LogP contribution in [0, 0.1) is 5.82 Å². The highest BCUT2D eigenvalue weighted by Gasteiger charge is 2.44. The minimum atomic E-state index is -5.41. The number of benzene rings is 2. The van der Waals surface area contributed by atoms with Crippen LogP contribution in [0.15, 0.2) is 36.4 Å². The Labute approximate surface area is 236 Å². The van der Waals surface area contributed by atoms with Crippen LogP contribution in [0.2, 0.25) is 0 Å². The zero-order valence-corrected chi connectivity index (χ0v) is 22.6. The van der Waals surface area contributed by atoms with E-state index in [0.717, 1.165) is 17.0 Å². The number of amides is 3. The summed E-state index contributed by atoms with van der Waals surface area (Å²) in [4.78, 5) is 31.1. The molecule has 0 aromatic heterocycles. The molecule has 3 amide bonds. The highest BCUT2D eigenvalue weighted by atomic mass is 19.4. The van der Waals surface area contributed by atoms with Crippen molar-refractivity contribution in [2.45, 2.75) is 44.8 Å². The molecule has 0 spiro atoms. The average Bonchev–Trinajstić information content (AvgIpc) is 3.47. The topological polar surface area (TPSA) is 56.3 Å². The highest BCUT2D eigenvalue weighted by molar-refractivity contribution is 5.98. The first-order valence-electron chi connectivity index (χ1n) is 13.1. The Morgan fingerprint density at radius 1 is 1.00 bits per heavy atom. The molecule has 2 heterocycles. The molecular formula is C27H28F8N4O3. The monoisotopic (exact) mass is 608 g/mol. The first-order chi connectivity index (χ1) is 19.6. The van der Waals surface area contributed by atoms with Crippen LogP contribution in [0.3, 0.4) is 0 Å². The van der Waals surface area contributed by atoms with E-state index < -0.39 is 65.1 Å². The Balaban J connectivity index is 1.73. The molecule has 7 nitrogen and oxygen atoms in total. The molecule has 2 saturated heterocycles. The smallest absolute Gasteiger partial charge is 0.407 e. The summed E-state index contributed by atoms with van der Waals surface area (Å²) in [5, 5.41) is 0. The van der Waals surface area contributed by atoms with Gasteiger partial charge in [-0.15, -0.1) is 0 Å². The number of carbonyl (C=O) groups is 2. The maximum Gasteiger partial charge on any atom is 0.420 e. The third kappa shape index (κ3) is 6.88. The maximum atomic E-state index is 14.2. The Bertz CT molecular complexity index is 1300. The molecule has 0 saturated carbocycles. The van der Waals surface area contributed by atoms with Crippen molar-refractivity contribution >= 4 is 23.5 Å². The van der Waals surface area contributed by atoms with Crippen molar-refractivity contribution in [2.75, 3.05) is 49.1 Å². The summed E-state index contributed by atoms with van der Waals surface area (Å²) in [5.74, 6) is -1.92. The molecule has 2 fully saturated rings. The molecule has 0 radical (unpaired) electrons. The number of likely N-dealkylation sites (tertiary alicyclic amines) is 1. The second-order valence-corrected chi connectivity index (χ2v) is 10.3. The van der Waals surface area contributed by atoms with Gasteiger partial charge in [-0.05, 0) is 56.7 Å². The summed E-state index contributed by atoms with van der Waals surface area (Å²) < 4.78 is 116. The average molecular weight is 609 g/mol. The lowest BCUT2D eigenvalue weighted by molar-refractivity contribution is -0.143. The van der Waals surface area contributed by atoms with Crippen LogP contribution in [-0.4, -0.2) is 73.4 Å². The fourth-order valence-electron chi connectivity index (χ4n) is 4.91. The quantitative estimate of drug-likeness (QED) is 0.334. The Morgan fingerprint density at radius 3 is 2.21 bits per heavy atom. The summed E-state index contributed by atoms with van der Waals surface area (Å²) in [6.45, 7) is 3.61. The third-order valence-corrected chi connectivity index (χ3v) is 7.00. The van der Waals surface area contributed by atoms with Gasteiger partial charge in [-0.3, -0.25) is 14.7 Å². The fraction of sp³-hybridized carbons (Fsp3) is 0.481. The van der Waals surface area contributed by atoms with Gasteiger partial charge in [0.25, 0.3) is 0 Å². The molecule has 2 aromatic rings. The largest absolute Gasteiger partial charge is 0.420 e. The second kappa shape index (κ2) is 11.9. The number of anilines is 2. The van der Waals surface area contributed by atoms with Crippen molar-refractivity contribution in [1.82, 2.24) is 9.80 Å². The summed E-state index contributed by atoms with van der Waals surface area (Å²) >= 11 is 0. The Morgan fingerprint density at radius 2 is 1.67 bits per heavy atom. The van der Waals surface area contributed by atoms with Gasteiger partial charge in [-0.1, -0.05) is 0 Å². The van der Waals surface area contributed by atoms with Gasteiger partial charge in [-0.2, -0.15) is 26.3 Å². The standard InChI is InChI=1S/C27H28F8N4O3/c1-16(2)39(20-5-3-18(28)4-6-20)25(41)42-23-21(27(33,34)35)13-17(26(30,31)32)14-22(23)38-12-11-37(24(38)40)10-9-36-8-7-19(29)15-36/h3-6,13-14,16,19H,7-12,15H2,1-2H3. The first kappa shape index (κ1) is 31.3. The van der Waals surface area contributed by atoms with E-state index in [9.17, 15) is 44.7 Å². The van der Waals surface area contributed by atoms with Gasteiger partial charge in [0.2, 0.25) is 0 Å². The van der Waals surface area contributed by atoms with Crippen LogP contribution in [0.1, 0.15) is 31.4 Å². The Hall–Kier alpha value is -3.62. The summed E-state index contributed by atoms with van der Waals surface area (Å²) in [7, 11) is 0. The zero-order valence-electron chi connectivity index (χ0n) is 22.6. The summed E-state index contributed by atoms with van der Waals surface area (Å²) in [6, 6.07) is 2.92. The lowest BCUT2D eigenvalue weighted by Gasteiger charge is -2.29. The molecule has 0 N–H and O–H groups in total.